The zero-order chi connectivity index (χ0) is 30.3. The summed E-state index contributed by atoms with van der Waals surface area (Å²) in [6, 6.07) is 4.15. The Bertz CT molecular complexity index is 1260. The predicted octanol–water partition coefficient (Wildman–Crippen LogP) is 4.35. The molecular formula is C29H38F3N3O7. The number of esters is 2. The predicted molar refractivity (Wildman–Crippen MR) is 147 cm³/mol. The van der Waals surface area contributed by atoms with Gasteiger partial charge in [-0.15, -0.1) is 0 Å². The number of aromatic nitrogens is 1. The summed E-state index contributed by atoms with van der Waals surface area (Å²) in [5.41, 5.74) is 0.250. The average molecular weight is 598 g/mol. The summed E-state index contributed by atoms with van der Waals surface area (Å²) in [5, 5.41) is 6.21. The molecule has 0 radical (unpaired) electrons. The molecule has 1 amide bonds. The number of nitrogens with zero attached hydrogens (tertiary/aromatic N) is 1. The number of halogens is 3. The van der Waals surface area contributed by atoms with Crippen molar-refractivity contribution in [2.24, 2.45) is 18.9 Å². The van der Waals surface area contributed by atoms with Crippen LogP contribution >= 0.6 is 0 Å². The molecule has 2 fully saturated rings. The van der Waals surface area contributed by atoms with Crippen LogP contribution in [0.2, 0.25) is 0 Å². The molecule has 1 aromatic carbocycles. The number of anilines is 1. The van der Waals surface area contributed by atoms with Crippen LogP contribution in [0.3, 0.4) is 0 Å². The minimum Gasteiger partial charge on any atom is -0.461 e. The fraction of sp³-hybridized carbons (Fsp3) is 0.621. The van der Waals surface area contributed by atoms with Crippen molar-refractivity contribution in [2.75, 3.05) is 45.4 Å². The first-order valence-corrected chi connectivity index (χ1v) is 14.3. The Kier molecular flexibility index (Phi) is 10.8. The van der Waals surface area contributed by atoms with Crippen LogP contribution in [-0.2, 0) is 30.8 Å². The van der Waals surface area contributed by atoms with Gasteiger partial charge in [-0.3, -0.25) is 4.79 Å². The van der Waals surface area contributed by atoms with Crippen molar-refractivity contribution in [3.05, 3.63) is 23.9 Å². The highest BCUT2D eigenvalue weighted by molar-refractivity contribution is 6.05. The lowest BCUT2D eigenvalue weighted by Gasteiger charge is -2.30. The molecule has 2 aromatic rings. The van der Waals surface area contributed by atoms with Crippen molar-refractivity contribution in [2.45, 2.75) is 57.2 Å². The van der Waals surface area contributed by atoms with Crippen molar-refractivity contribution < 1.29 is 46.5 Å². The molecule has 0 bridgehead atoms. The molecule has 0 spiro atoms. The maximum atomic E-state index is 13.3. The zero-order valence-corrected chi connectivity index (χ0v) is 23.9. The minimum atomic E-state index is -5.29. The molecule has 13 heteroatoms. The van der Waals surface area contributed by atoms with E-state index in [9.17, 15) is 27.6 Å². The third kappa shape index (κ3) is 7.61. The fourth-order valence-electron chi connectivity index (χ4n) is 5.91. The van der Waals surface area contributed by atoms with Crippen LogP contribution in [0.1, 0.15) is 55.4 Å². The highest BCUT2D eigenvalue weighted by atomic mass is 19.4. The van der Waals surface area contributed by atoms with Crippen molar-refractivity contribution in [3.63, 3.8) is 0 Å². The Labute approximate surface area is 242 Å². The lowest BCUT2D eigenvalue weighted by molar-refractivity contribution is -0.189. The van der Waals surface area contributed by atoms with Crippen LogP contribution in [-0.4, -0.2) is 74.7 Å². The molecular weight excluding hydrogens is 559 g/mol. The van der Waals surface area contributed by atoms with E-state index in [4.69, 9.17) is 18.9 Å². The van der Waals surface area contributed by atoms with Gasteiger partial charge in [-0.05, 0) is 43.0 Å². The molecule has 4 rings (SSSR count). The standard InChI is InChI=1S/C29H38F3N3O7/c1-35-22-10-9-19(34-26(36)23-20(11-12-33-23)18-7-4-3-5-8-18)17-21(22)25(42-28(38)29(30,31)32)24(35)27(37)41-14-6-13-40-16-15-39-2/h9-10,17-18,20,23,33H,3-8,11-16H2,1-2H3,(H,34,36)/t20-,23+/m0/s1. The number of benzene rings is 1. The zero-order valence-electron chi connectivity index (χ0n) is 23.9. The molecule has 1 aliphatic carbocycles. The summed E-state index contributed by atoms with van der Waals surface area (Å²) in [6.07, 6.45) is 1.67. The molecule has 2 atom stereocenters. The van der Waals surface area contributed by atoms with Crippen LogP contribution in [0, 0.1) is 11.8 Å². The number of amides is 1. The van der Waals surface area contributed by atoms with E-state index >= 15 is 0 Å². The Morgan fingerprint density at radius 3 is 2.52 bits per heavy atom. The molecule has 1 aliphatic heterocycles. The van der Waals surface area contributed by atoms with Gasteiger partial charge in [0.05, 0.1) is 31.4 Å². The molecule has 232 valence electrons. The van der Waals surface area contributed by atoms with Gasteiger partial charge in [-0.25, -0.2) is 9.59 Å². The SMILES string of the molecule is COCCOCCCOC(=O)c1c(OC(=O)C(F)(F)F)c2cc(NC(=O)[C@@H]3NCC[C@H]3C3CCCCC3)ccc2n1C. The van der Waals surface area contributed by atoms with Crippen LogP contribution in [0.4, 0.5) is 18.9 Å². The first kappa shape index (κ1) is 31.8. The highest BCUT2D eigenvalue weighted by Gasteiger charge is 2.43. The van der Waals surface area contributed by atoms with Gasteiger partial charge in [0.2, 0.25) is 5.91 Å². The van der Waals surface area contributed by atoms with Gasteiger partial charge in [-0.2, -0.15) is 13.2 Å². The van der Waals surface area contributed by atoms with Gasteiger partial charge in [0.1, 0.15) is 0 Å². The fourth-order valence-corrected chi connectivity index (χ4v) is 5.91. The molecule has 42 heavy (non-hydrogen) atoms. The Morgan fingerprint density at radius 2 is 1.81 bits per heavy atom. The summed E-state index contributed by atoms with van der Waals surface area (Å²) in [5.74, 6) is -3.59. The van der Waals surface area contributed by atoms with Gasteiger partial charge in [-0.1, -0.05) is 32.1 Å². The third-order valence-corrected chi connectivity index (χ3v) is 7.95. The lowest BCUT2D eigenvalue weighted by atomic mass is 9.76. The van der Waals surface area contributed by atoms with Crippen molar-refractivity contribution in [1.29, 1.82) is 0 Å². The first-order chi connectivity index (χ1) is 20.1. The van der Waals surface area contributed by atoms with E-state index in [0.29, 0.717) is 36.8 Å². The van der Waals surface area contributed by atoms with Crippen LogP contribution < -0.4 is 15.4 Å². The van der Waals surface area contributed by atoms with E-state index in [1.54, 1.807) is 6.07 Å². The van der Waals surface area contributed by atoms with Gasteiger partial charge in [0, 0.05) is 38.3 Å². The van der Waals surface area contributed by atoms with Crippen molar-refractivity contribution in [1.82, 2.24) is 9.88 Å². The van der Waals surface area contributed by atoms with E-state index in [1.165, 1.54) is 37.3 Å². The lowest BCUT2D eigenvalue weighted by Crippen LogP contribution is -2.42. The van der Waals surface area contributed by atoms with E-state index in [1.807, 2.05) is 0 Å². The third-order valence-electron chi connectivity index (χ3n) is 7.95. The molecule has 10 nitrogen and oxygen atoms in total. The summed E-state index contributed by atoms with van der Waals surface area (Å²) >= 11 is 0. The highest BCUT2D eigenvalue weighted by Crippen LogP contribution is 2.38. The Balaban J connectivity index is 1.55. The summed E-state index contributed by atoms with van der Waals surface area (Å²) in [6.45, 7) is 1.71. The second-order valence-corrected chi connectivity index (χ2v) is 10.7. The summed E-state index contributed by atoms with van der Waals surface area (Å²) < 4.78 is 61.0. The van der Waals surface area contributed by atoms with Crippen LogP contribution in [0.25, 0.3) is 10.9 Å². The number of methoxy groups -OCH3 is 1. The molecule has 2 N–H and O–H groups in total. The number of carbonyl (C=O) groups excluding carboxylic acids is 3. The molecule has 1 saturated heterocycles. The minimum absolute atomic E-state index is 0.0472. The first-order valence-electron chi connectivity index (χ1n) is 14.3. The monoisotopic (exact) mass is 597 g/mol. The van der Waals surface area contributed by atoms with Crippen LogP contribution in [0.5, 0.6) is 5.75 Å². The quantitative estimate of drug-likeness (QED) is 0.274. The van der Waals surface area contributed by atoms with Gasteiger partial charge < -0.3 is 34.1 Å². The number of hydrogen-bond donors (Lipinski definition) is 2. The van der Waals surface area contributed by atoms with E-state index in [0.717, 1.165) is 38.6 Å². The van der Waals surface area contributed by atoms with Crippen molar-refractivity contribution in [3.8, 4) is 5.75 Å². The molecule has 2 aliphatic rings. The number of alkyl halides is 3. The number of ether oxygens (including phenoxy) is 4. The Hall–Kier alpha value is -3.16. The molecule has 0 unspecified atom stereocenters. The maximum Gasteiger partial charge on any atom is 0.491 e. The molecule has 1 saturated carbocycles. The van der Waals surface area contributed by atoms with Gasteiger partial charge in [0.25, 0.3) is 0 Å². The van der Waals surface area contributed by atoms with E-state index < -0.39 is 23.9 Å². The average Bonchev–Trinajstić information content (AvgIpc) is 3.56. The van der Waals surface area contributed by atoms with E-state index in [-0.39, 0.29) is 42.2 Å². The number of fused-ring (bicyclic) bond motifs is 1. The number of rotatable bonds is 12. The second kappa shape index (κ2) is 14.3. The largest absolute Gasteiger partial charge is 0.491 e. The smallest absolute Gasteiger partial charge is 0.461 e. The topological polar surface area (TPSA) is 117 Å². The molecule has 2 heterocycles. The van der Waals surface area contributed by atoms with E-state index in [2.05, 4.69) is 10.6 Å². The number of hydrogen-bond acceptors (Lipinski definition) is 8. The number of nitrogens with one attached hydrogen (secondary N) is 2. The summed E-state index contributed by atoms with van der Waals surface area (Å²) in [7, 11) is 2.99. The van der Waals surface area contributed by atoms with Crippen molar-refractivity contribution >= 4 is 34.4 Å². The maximum absolute atomic E-state index is 13.3. The Morgan fingerprint density at radius 1 is 1.05 bits per heavy atom. The molecule has 1 aromatic heterocycles. The van der Waals surface area contributed by atoms with Crippen LogP contribution in [0.15, 0.2) is 18.2 Å². The summed E-state index contributed by atoms with van der Waals surface area (Å²) in [4.78, 5) is 38.2. The normalized spacial score (nSPS) is 19.6. The number of aryl methyl sites for hydroxylation is 1. The van der Waals surface area contributed by atoms with Gasteiger partial charge >= 0.3 is 18.1 Å². The second-order valence-electron chi connectivity index (χ2n) is 10.7. The number of carbonyl (C=O) groups is 3. The van der Waals surface area contributed by atoms with Gasteiger partial charge in [0.15, 0.2) is 11.4 Å².